The van der Waals surface area contributed by atoms with Crippen LogP contribution in [0.5, 0.6) is 11.5 Å². The Morgan fingerprint density at radius 2 is 1.08 bits per heavy atom. The van der Waals surface area contributed by atoms with Gasteiger partial charge in [-0.15, -0.1) is 0 Å². The van der Waals surface area contributed by atoms with Crippen LogP contribution in [0, 0.1) is 30.2 Å². The predicted octanol–water partition coefficient (Wildman–Crippen LogP) is 8.64. The topological polar surface area (TPSA) is 18.5 Å². The second-order valence-electron chi connectivity index (χ2n) is 8.53. The van der Waals surface area contributed by atoms with Crippen LogP contribution < -0.4 is 9.47 Å². The molecule has 0 bridgehead atoms. The molecular weight excluding hydrogens is 468 g/mol. The van der Waals surface area contributed by atoms with Crippen molar-refractivity contribution < 1.29 is 27.0 Å². The maximum absolute atomic E-state index is 14.7. The third kappa shape index (κ3) is 5.54. The molecule has 0 amide bonds. The fraction of sp³-hybridized carbons (Fsp3) is 0.200. The van der Waals surface area contributed by atoms with E-state index < -0.39 is 23.3 Å². The third-order valence-electron chi connectivity index (χ3n) is 5.87. The molecule has 0 spiro atoms. The lowest BCUT2D eigenvalue weighted by Gasteiger charge is -2.12. The van der Waals surface area contributed by atoms with Crippen molar-refractivity contribution in [1.29, 1.82) is 0 Å². The van der Waals surface area contributed by atoms with Gasteiger partial charge in [-0.05, 0) is 54.3 Å². The number of halogens is 4. The maximum Gasteiger partial charge on any atom is 0.201 e. The van der Waals surface area contributed by atoms with Crippen molar-refractivity contribution in [2.75, 3.05) is 6.61 Å². The number of hydrogen-bond donors (Lipinski definition) is 0. The van der Waals surface area contributed by atoms with E-state index in [9.17, 15) is 17.6 Å². The van der Waals surface area contributed by atoms with Gasteiger partial charge in [-0.2, -0.15) is 8.78 Å². The third-order valence-corrected chi connectivity index (χ3v) is 5.87. The second-order valence-corrected chi connectivity index (χ2v) is 8.53. The molecule has 0 radical (unpaired) electrons. The molecule has 0 aliphatic carbocycles. The molecule has 0 aliphatic rings. The van der Waals surface area contributed by atoms with E-state index in [1.807, 2.05) is 26.0 Å². The molecule has 2 nitrogen and oxygen atoms in total. The van der Waals surface area contributed by atoms with Gasteiger partial charge in [0.2, 0.25) is 11.6 Å². The van der Waals surface area contributed by atoms with Crippen molar-refractivity contribution in [2.45, 2.75) is 33.3 Å². The molecule has 0 unspecified atom stereocenters. The number of benzene rings is 4. The van der Waals surface area contributed by atoms with Gasteiger partial charge in [-0.3, -0.25) is 0 Å². The summed E-state index contributed by atoms with van der Waals surface area (Å²) in [6, 6.07) is 19.4. The molecule has 4 aromatic rings. The van der Waals surface area contributed by atoms with Gasteiger partial charge >= 0.3 is 0 Å². The van der Waals surface area contributed by atoms with E-state index >= 15 is 0 Å². The maximum atomic E-state index is 14.7. The number of rotatable bonds is 9. The summed E-state index contributed by atoms with van der Waals surface area (Å²) in [4.78, 5) is 0. The van der Waals surface area contributed by atoms with E-state index in [1.54, 1.807) is 36.4 Å². The molecule has 6 heteroatoms. The van der Waals surface area contributed by atoms with Gasteiger partial charge in [0.1, 0.15) is 6.61 Å². The Morgan fingerprint density at radius 3 is 1.61 bits per heavy atom. The van der Waals surface area contributed by atoms with Gasteiger partial charge in [0.05, 0.1) is 6.61 Å². The molecule has 186 valence electrons. The molecular formula is C30H26F4O2. The SMILES string of the molecule is CCCCOc1ccc(-c2ccc(COc3ccc(-c4ccc(C)cc4)c(F)c3F)cc2)c(F)c1F. The molecule has 0 saturated heterocycles. The quantitative estimate of drug-likeness (QED) is 0.171. The van der Waals surface area contributed by atoms with Crippen LogP contribution in [0.3, 0.4) is 0 Å². The first kappa shape index (κ1) is 25.3. The first-order valence-corrected chi connectivity index (χ1v) is 11.8. The van der Waals surface area contributed by atoms with Crippen molar-refractivity contribution in [3.63, 3.8) is 0 Å². The van der Waals surface area contributed by atoms with Crippen LogP contribution >= 0.6 is 0 Å². The Balaban J connectivity index is 1.45. The molecule has 4 rings (SSSR count). The molecule has 0 aromatic heterocycles. The molecule has 0 saturated carbocycles. The Bertz CT molecular complexity index is 1330. The summed E-state index contributed by atoms with van der Waals surface area (Å²) in [5.74, 6) is -4.38. The Morgan fingerprint density at radius 1 is 0.583 bits per heavy atom. The standard InChI is InChI=1S/C30H26F4O2/c1-3-4-17-35-25-15-13-24(27(31)29(25)33)22-11-7-20(8-12-22)18-36-26-16-14-23(28(32)30(26)34)21-9-5-19(2)6-10-21/h5-16H,3-4,17-18H2,1-2H3. The average Bonchev–Trinajstić information content (AvgIpc) is 2.89. The lowest BCUT2D eigenvalue weighted by molar-refractivity contribution is 0.285. The summed E-state index contributed by atoms with van der Waals surface area (Å²) < 4.78 is 69.1. The number of hydrogen-bond acceptors (Lipinski definition) is 2. The largest absolute Gasteiger partial charge is 0.490 e. The highest BCUT2D eigenvalue weighted by molar-refractivity contribution is 5.66. The minimum atomic E-state index is -1.07. The van der Waals surface area contributed by atoms with Crippen LogP contribution in [0.1, 0.15) is 30.9 Å². The van der Waals surface area contributed by atoms with E-state index in [0.29, 0.717) is 23.3 Å². The molecule has 4 aromatic carbocycles. The number of ether oxygens (including phenoxy) is 2. The van der Waals surface area contributed by atoms with Crippen LogP contribution in [0.4, 0.5) is 17.6 Å². The van der Waals surface area contributed by atoms with Crippen LogP contribution in [-0.4, -0.2) is 6.61 Å². The summed E-state index contributed by atoms with van der Waals surface area (Å²) in [5.41, 5.74) is 2.97. The van der Waals surface area contributed by atoms with Gasteiger partial charge in [0, 0.05) is 11.1 Å². The zero-order valence-corrected chi connectivity index (χ0v) is 20.1. The van der Waals surface area contributed by atoms with E-state index in [-0.39, 0.29) is 29.2 Å². The Labute approximate surface area is 208 Å². The molecule has 0 fully saturated rings. The van der Waals surface area contributed by atoms with E-state index in [1.165, 1.54) is 24.3 Å². The van der Waals surface area contributed by atoms with Gasteiger partial charge in [-0.1, -0.05) is 67.4 Å². The smallest absolute Gasteiger partial charge is 0.201 e. The zero-order chi connectivity index (χ0) is 25.7. The van der Waals surface area contributed by atoms with E-state index in [4.69, 9.17) is 9.47 Å². The van der Waals surface area contributed by atoms with Crippen LogP contribution in [-0.2, 0) is 6.61 Å². The average molecular weight is 495 g/mol. The number of aryl methyl sites for hydroxylation is 1. The lowest BCUT2D eigenvalue weighted by atomic mass is 10.0. The van der Waals surface area contributed by atoms with Gasteiger partial charge < -0.3 is 9.47 Å². The Hall–Kier alpha value is -3.80. The van der Waals surface area contributed by atoms with Crippen molar-refractivity contribution in [3.05, 3.63) is 107 Å². The summed E-state index contributed by atoms with van der Waals surface area (Å²) >= 11 is 0. The Kier molecular flexibility index (Phi) is 7.93. The molecule has 0 N–H and O–H groups in total. The predicted molar refractivity (Wildman–Crippen MR) is 133 cm³/mol. The van der Waals surface area contributed by atoms with Crippen molar-refractivity contribution >= 4 is 0 Å². The van der Waals surface area contributed by atoms with Crippen LogP contribution in [0.2, 0.25) is 0 Å². The fourth-order valence-electron chi connectivity index (χ4n) is 3.73. The van der Waals surface area contributed by atoms with Gasteiger partial charge in [-0.25, -0.2) is 8.78 Å². The monoisotopic (exact) mass is 494 g/mol. The van der Waals surface area contributed by atoms with Gasteiger partial charge in [0.25, 0.3) is 0 Å². The zero-order valence-electron chi connectivity index (χ0n) is 20.1. The van der Waals surface area contributed by atoms with Crippen LogP contribution in [0.25, 0.3) is 22.3 Å². The molecule has 0 heterocycles. The van der Waals surface area contributed by atoms with Gasteiger partial charge in [0.15, 0.2) is 23.1 Å². The highest BCUT2D eigenvalue weighted by Gasteiger charge is 2.17. The lowest BCUT2D eigenvalue weighted by Crippen LogP contribution is -2.01. The molecule has 0 aliphatic heterocycles. The van der Waals surface area contributed by atoms with Crippen LogP contribution in [0.15, 0.2) is 72.8 Å². The molecule has 0 atom stereocenters. The summed E-state index contributed by atoms with van der Waals surface area (Å²) in [6.45, 7) is 4.19. The fourth-order valence-corrected chi connectivity index (χ4v) is 3.73. The minimum absolute atomic E-state index is 0.0262. The molecule has 36 heavy (non-hydrogen) atoms. The summed E-state index contributed by atoms with van der Waals surface area (Å²) in [5, 5.41) is 0. The highest BCUT2D eigenvalue weighted by Crippen LogP contribution is 2.32. The summed E-state index contributed by atoms with van der Waals surface area (Å²) in [6.07, 6.45) is 1.64. The normalized spacial score (nSPS) is 10.9. The first-order chi connectivity index (χ1) is 17.4. The minimum Gasteiger partial charge on any atom is -0.490 e. The van der Waals surface area contributed by atoms with Crippen molar-refractivity contribution in [1.82, 2.24) is 0 Å². The highest BCUT2D eigenvalue weighted by atomic mass is 19.2. The van der Waals surface area contributed by atoms with Crippen molar-refractivity contribution in [2.24, 2.45) is 0 Å². The van der Waals surface area contributed by atoms with E-state index in [0.717, 1.165) is 18.4 Å². The van der Waals surface area contributed by atoms with Crippen molar-refractivity contribution in [3.8, 4) is 33.8 Å². The van der Waals surface area contributed by atoms with E-state index in [2.05, 4.69) is 0 Å². The second kappa shape index (κ2) is 11.3. The number of unbranched alkanes of at least 4 members (excludes halogenated alkanes) is 1. The first-order valence-electron chi connectivity index (χ1n) is 11.8. The summed E-state index contributed by atoms with van der Waals surface area (Å²) in [7, 11) is 0.